The molecule has 19 heavy (non-hydrogen) atoms. The Balaban J connectivity index is 2.19. The van der Waals surface area contributed by atoms with Gasteiger partial charge in [0.25, 0.3) is 0 Å². The second-order valence-electron chi connectivity index (χ2n) is 4.02. The van der Waals surface area contributed by atoms with E-state index in [9.17, 15) is 4.79 Å². The van der Waals surface area contributed by atoms with Gasteiger partial charge in [-0.15, -0.1) is 0 Å². The molecule has 3 nitrogen and oxygen atoms in total. The zero-order valence-corrected chi connectivity index (χ0v) is 10.5. The SMILES string of the molecule is COc1ccc(-c2ccc(/C=C/C(=O)O)cc2)cc1. The summed E-state index contributed by atoms with van der Waals surface area (Å²) in [6, 6.07) is 15.5. The quantitative estimate of drug-likeness (QED) is 0.850. The van der Waals surface area contributed by atoms with Gasteiger partial charge in [0.05, 0.1) is 7.11 Å². The van der Waals surface area contributed by atoms with Gasteiger partial charge in [-0.05, 0) is 34.9 Å². The fourth-order valence-corrected chi connectivity index (χ4v) is 1.74. The predicted molar refractivity (Wildman–Crippen MR) is 75.1 cm³/mol. The van der Waals surface area contributed by atoms with Gasteiger partial charge >= 0.3 is 5.97 Å². The third kappa shape index (κ3) is 3.45. The van der Waals surface area contributed by atoms with Crippen molar-refractivity contribution in [1.29, 1.82) is 0 Å². The summed E-state index contributed by atoms with van der Waals surface area (Å²) >= 11 is 0. The van der Waals surface area contributed by atoms with Crippen molar-refractivity contribution in [3.8, 4) is 16.9 Å². The molecule has 1 N–H and O–H groups in total. The smallest absolute Gasteiger partial charge is 0.328 e. The molecule has 0 aromatic heterocycles. The molecule has 3 heteroatoms. The van der Waals surface area contributed by atoms with Crippen molar-refractivity contribution in [3.05, 3.63) is 60.2 Å². The molecule has 0 aliphatic heterocycles. The minimum absolute atomic E-state index is 0.824. The van der Waals surface area contributed by atoms with Gasteiger partial charge in [0.15, 0.2) is 0 Å². The van der Waals surface area contributed by atoms with Crippen LogP contribution in [0.4, 0.5) is 0 Å². The molecule has 0 saturated heterocycles. The van der Waals surface area contributed by atoms with Crippen molar-refractivity contribution in [3.63, 3.8) is 0 Å². The molecular weight excluding hydrogens is 240 g/mol. The second kappa shape index (κ2) is 5.87. The first-order chi connectivity index (χ1) is 9.19. The maximum absolute atomic E-state index is 10.4. The Morgan fingerprint density at radius 2 is 1.53 bits per heavy atom. The van der Waals surface area contributed by atoms with Gasteiger partial charge in [0.1, 0.15) is 5.75 Å². The summed E-state index contributed by atoms with van der Waals surface area (Å²) in [6.07, 6.45) is 2.70. The van der Waals surface area contributed by atoms with Gasteiger partial charge < -0.3 is 9.84 Å². The van der Waals surface area contributed by atoms with Crippen LogP contribution in [0.15, 0.2) is 54.6 Å². The van der Waals surface area contributed by atoms with E-state index in [0.717, 1.165) is 28.5 Å². The highest BCUT2D eigenvalue weighted by atomic mass is 16.5. The molecule has 0 spiro atoms. The number of rotatable bonds is 4. The predicted octanol–water partition coefficient (Wildman–Crippen LogP) is 3.46. The Morgan fingerprint density at radius 3 is 2.00 bits per heavy atom. The standard InChI is InChI=1S/C16H14O3/c1-19-15-9-7-14(8-10-15)13-5-2-12(3-6-13)4-11-16(17)18/h2-11H,1H3,(H,17,18)/b11-4+. The van der Waals surface area contributed by atoms with Crippen LogP contribution in [0, 0.1) is 0 Å². The summed E-state index contributed by atoms with van der Waals surface area (Å²) in [4.78, 5) is 10.4. The third-order valence-corrected chi connectivity index (χ3v) is 2.75. The van der Waals surface area contributed by atoms with Crippen LogP contribution < -0.4 is 4.74 Å². The van der Waals surface area contributed by atoms with Crippen molar-refractivity contribution in [1.82, 2.24) is 0 Å². The summed E-state index contributed by atoms with van der Waals surface area (Å²) in [7, 11) is 1.64. The summed E-state index contributed by atoms with van der Waals surface area (Å²) in [5.74, 6) is -0.121. The molecule has 2 aromatic carbocycles. The number of aliphatic carboxylic acids is 1. The first-order valence-electron chi connectivity index (χ1n) is 5.84. The van der Waals surface area contributed by atoms with Crippen molar-refractivity contribution >= 4 is 12.0 Å². The molecular formula is C16H14O3. The van der Waals surface area contributed by atoms with E-state index in [-0.39, 0.29) is 0 Å². The van der Waals surface area contributed by atoms with Crippen LogP contribution in [0.3, 0.4) is 0 Å². The number of carboxylic acid groups (broad SMARTS) is 1. The average molecular weight is 254 g/mol. The van der Waals surface area contributed by atoms with Crippen LogP contribution in [-0.4, -0.2) is 18.2 Å². The highest BCUT2D eigenvalue weighted by Crippen LogP contribution is 2.22. The summed E-state index contributed by atoms with van der Waals surface area (Å²) in [5.41, 5.74) is 3.03. The van der Waals surface area contributed by atoms with Gasteiger partial charge in [-0.3, -0.25) is 0 Å². The fraction of sp³-hybridized carbons (Fsp3) is 0.0625. The summed E-state index contributed by atoms with van der Waals surface area (Å²) in [6.45, 7) is 0. The lowest BCUT2D eigenvalue weighted by Crippen LogP contribution is -1.86. The lowest BCUT2D eigenvalue weighted by molar-refractivity contribution is -0.131. The normalized spacial score (nSPS) is 10.6. The number of carboxylic acids is 1. The minimum atomic E-state index is -0.945. The molecule has 0 fully saturated rings. The molecule has 0 radical (unpaired) electrons. The van der Waals surface area contributed by atoms with Gasteiger partial charge in [0, 0.05) is 6.08 Å². The molecule has 0 aliphatic carbocycles. The van der Waals surface area contributed by atoms with Crippen molar-refractivity contribution < 1.29 is 14.6 Å². The van der Waals surface area contributed by atoms with Gasteiger partial charge in [-0.25, -0.2) is 4.79 Å². The summed E-state index contributed by atoms with van der Waals surface area (Å²) in [5, 5.41) is 8.56. The van der Waals surface area contributed by atoms with Crippen LogP contribution in [0.1, 0.15) is 5.56 Å². The first-order valence-corrected chi connectivity index (χ1v) is 5.84. The minimum Gasteiger partial charge on any atom is -0.497 e. The van der Waals surface area contributed by atoms with Crippen LogP contribution in [0.5, 0.6) is 5.75 Å². The molecule has 0 aliphatic rings. The van der Waals surface area contributed by atoms with Gasteiger partial charge in [-0.2, -0.15) is 0 Å². The Kier molecular flexibility index (Phi) is 3.98. The van der Waals surface area contributed by atoms with Crippen LogP contribution in [-0.2, 0) is 4.79 Å². The second-order valence-corrected chi connectivity index (χ2v) is 4.02. The molecule has 2 rings (SSSR count). The Hall–Kier alpha value is -2.55. The zero-order chi connectivity index (χ0) is 13.7. The average Bonchev–Trinajstić information content (AvgIpc) is 2.46. The molecule has 96 valence electrons. The van der Waals surface area contributed by atoms with Gasteiger partial charge in [0.2, 0.25) is 0 Å². The van der Waals surface area contributed by atoms with Crippen LogP contribution in [0.2, 0.25) is 0 Å². The van der Waals surface area contributed by atoms with E-state index in [0.29, 0.717) is 0 Å². The number of benzene rings is 2. The van der Waals surface area contributed by atoms with E-state index in [2.05, 4.69) is 0 Å². The van der Waals surface area contributed by atoms with Crippen molar-refractivity contribution in [2.45, 2.75) is 0 Å². The molecule has 0 amide bonds. The van der Waals surface area contributed by atoms with Crippen molar-refractivity contribution in [2.24, 2.45) is 0 Å². The lowest BCUT2D eigenvalue weighted by atomic mass is 10.0. The van der Waals surface area contributed by atoms with E-state index in [4.69, 9.17) is 9.84 Å². The molecule has 0 bridgehead atoms. The molecule has 0 heterocycles. The number of methoxy groups -OCH3 is 1. The van der Waals surface area contributed by atoms with E-state index < -0.39 is 5.97 Å². The topological polar surface area (TPSA) is 46.5 Å². The van der Waals surface area contributed by atoms with E-state index in [1.54, 1.807) is 13.2 Å². The summed E-state index contributed by atoms with van der Waals surface area (Å²) < 4.78 is 5.11. The van der Waals surface area contributed by atoms with Crippen LogP contribution >= 0.6 is 0 Å². The molecule has 0 unspecified atom stereocenters. The number of carbonyl (C=O) groups is 1. The molecule has 2 aromatic rings. The lowest BCUT2D eigenvalue weighted by Gasteiger charge is -2.04. The first kappa shape index (κ1) is 12.9. The number of hydrogen-bond acceptors (Lipinski definition) is 2. The molecule has 0 saturated carbocycles. The fourth-order valence-electron chi connectivity index (χ4n) is 1.74. The monoisotopic (exact) mass is 254 g/mol. The zero-order valence-electron chi connectivity index (χ0n) is 10.5. The maximum atomic E-state index is 10.4. The number of ether oxygens (including phenoxy) is 1. The number of hydrogen-bond donors (Lipinski definition) is 1. The maximum Gasteiger partial charge on any atom is 0.328 e. The van der Waals surface area contributed by atoms with E-state index >= 15 is 0 Å². The van der Waals surface area contributed by atoms with Crippen LogP contribution in [0.25, 0.3) is 17.2 Å². The highest BCUT2D eigenvalue weighted by molar-refractivity contribution is 5.85. The van der Waals surface area contributed by atoms with E-state index in [1.807, 2.05) is 48.5 Å². The van der Waals surface area contributed by atoms with Gasteiger partial charge in [-0.1, -0.05) is 36.4 Å². The third-order valence-electron chi connectivity index (χ3n) is 2.75. The Morgan fingerprint density at radius 1 is 1.00 bits per heavy atom. The largest absolute Gasteiger partial charge is 0.497 e. The highest BCUT2D eigenvalue weighted by Gasteiger charge is 1.98. The van der Waals surface area contributed by atoms with E-state index in [1.165, 1.54) is 0 Å². The Bertz CT molecular complexity index is 580. The molecule has 0 atom stereocenters. The Labute approximate surface area is 111 Å². The van der Waals surface area contributed by atoms with Crippen molar-refractivity contribution in [2.75, 3.05) is 7.11 Å².